The van der Waals surface area contributed by atoms with E-state index in [-0.39, 0.29) is 12.1 Å². The van der Waals surface area contributed by atoms with Gasteiger partial charge >= 0.3 is 6.03 Å². The van der Waals surface area contributed by atoms with Gasteiger partial charge in [0.2, 0.25) is 5.54 Å². The summed E-state index contributed by atoms with van der Waals surface area (Å²) in [5.74, 6) is 5.56. The van der Waals surface area contributed by atoms with Gasteiger partial charge in [-0.15, -0.1) is 0 Å². The van der Waals surface area contributed by atoms with Gasteiger partial charge < -0.3 is 10.1 Å². The van der Waals surface area contributed by atoms with E-state index in [1.165, 1.54) is 24.2 Å². The van der Waals surface area contributed by atoms with Crippen LogP contribution >= 0.6 is 0 Å². The summed E-state index contributed by atoms with van der Waals surface area (Å²) in [4.78, 5) is 45.5. The highest BCUT2D eigenvalue weighted by atomic mass is 16.5. The number of imide groups is 1. The quantitative estimate of drug-likeness (QED) is 0.496. The Morgan fingerprint density at radius 3 is 2.79 bits per heavy atom. The third kappa shape index (κ3) is 3.39. The number of nitrogens with zero attached hydrogens (tertiary/aromatic N) is 3. The molecule has 29 heavy (non-hydrogen) atoms. The van der Waals surface area contributed by atoms with Gasteiger partial charge in [0.1, 0.15) is 5.75 Å². The van der Waals surface area contributed by atoms with Crippen molar-refractivity contribution in [2.75, 3.05) is 7.11 Å². The van der Waals surface area contributed by atoms with E-state index in [2.05, 4.69) is 32.4 Å². The van der Waals surface area contributed by atoms with Crippen molar-refractivity contribution in [3.05, 3.63) is 65.0 Å². The van der Waals surface area contributed by atoms with E-state index >= 15 is 0 Å². The first-order chi connectivity index (χ1) is 14.0. The van der Waals surface area contributed by atoms with E-state index in [0.717, 1.165) is 0 Å². The third-order valence-corrected chi connectivity index (χ3v) is 4.46. The summed E-state index contributed by atoms with van der Waals surface area (Å²) < 4.78 is 6.39. The molecule has 3 amide bonds. The number of nitrogens with one attached hydrogen (secondary N) is 2. The summed E-state index contributed by atoms with van der Waals surface area (Å²) >= 11 is 0. The first-order valence-corrected chi connectivity index (χ1v) is 8.61. The van der Waals surface area contributed by atoms with Gasteiger partial charge in [-0.1, -0.05) is 11.8 Å². The second kappa shape index (κ2) is 7.09. The molecule has 9 nitrogen and oxygen atoms in total. The fourth-order valence-electron chi connectivity index (χ4n) is 2.98. The molecule has 1 atom stereocenters. The van der Waals surface area contributed by atoms with Crippen LogP contribution in [-0.4, -0.2) is 39.1 Å². The van der Waals surface area contributed by atoms with Crippen molar-refractivity contribution in [3.63, 3.8) is 0 Å². The zero-order chi connectivity index (χ0) is 20.4. The Morgan fingerprint density at radius 1 is 1.24 bits per heavy atom. The first kappa shape index (κ1) is 18.2. The molecule has 3 aromatic rings. The van der Waals surface area contributed by atoms with Crippen molar-refractivity contribution in [1.82, 2.24) is 25.2 Å². The van der Waals surface area contributed by atoms with Gasteiger partial charge in [-0.2, -0.15) is 0 Å². The maximum atomic E-state index is 12.9. The molecule has 1 saturated heterocycles. The topological polar surface area (TPSA) is 115 Å². The van der Waals surface area contributed by atoms with Gasteiger partial charge in [-0.05, 0) is 24.3 Å². The molecule has 2 aromatic heterocycles. The highest BCUT2D eigenvalue weighted by Gasteiger charge is 2.45. The number of ether oxygens (including phenoxy) is 1. The molecule has 0 bridgehead atoms. The number of carbonyl (C=O) groups is 2. The Kier molecular flexibility index (Phi) is 4.44. The van der Waals surface area contributed by atoms with Crippen molar-refractivity contribution in [3.8, 4) is 17.6 Å². The SMILES string of the molecule is COc1ccc2c(=O)n(CC3(C#Cc4cccnc4)NC(=O)NC3=O)cnc2c1. The Hall–Kier alpha value is -4.19. The molecule has 9 heteroatoms. The highest BCUT2D eigenvalue weighted by molar-refractivity contribution is 6.09. The third-order valence-electron chi connectivity index (χ3n) is 4.46. The fourth-order valence-corrected chi connectivity index (χ4v) is 2.98. The average Bonchev–Trinajstić information content (AvgIpc) is 3.02. The van der Waals surface area contributed by atoms with Gasteiger partial charge in [0, 0.05) is 24.0 Å². The molecule has 144 valence electrons. The number of amides is 3. The van der Waals surface area contributed by atoms with E-state index in [0.29, 0.717) is 22.2 Å². The Balaban J connectivity index is 1.77. The Bertz CT molecular complexity index is 1240. The van der Waals surface area contributed by atoms with Gasteiger partial charge in [-0.25, -0.2) is 9.78 Å². The summed E-state index contributed by atoms with van der Waals surface area (Å²) in [6.07, 6.45) is 4.45. The Labute approximate surface area is 164 Å². The van der Waals surface area contributed by atoms with Crippen molar-refractivity contribution in [1.29, 1.82) is 0 Å². The minimum absolute atomic E-state index is 0.203. The van der Waals surface area contributed by atoms with E-state index in [4.69, 9.17) is 4.74 Å². The van der Waals surface area contributed by atoms with Crippen LogP contribution in [0, 0.1) is 11.8 Å². The summed E-state index contributed by atoms with van der Waals surface area (Å²) in [6, 6.07) is 7.64. The standard InChI is InChI=1S/C20H15N5O4/c1-29-14-4-5-15-16(9-14)22-12-25(17(15)26)11-20(18(27)23-19(28)24-20)7-6-13-3-2-8-21-10-13/h2-5,8-10,12H,11H2,1H3,(H2,23,24,27,28). The monoisotopic (exact) mass is 389 g/mol. The molecule has 1 unspecified atom stereocenters. The number of rotatable bonds is 3. The molecule has 0 radical (unpaired) electrons. The van der Waals surface area contributed by atoms with E-state index in [1.807, 2.05) is 0 Å². The molecule has 3 heterocycles. The molecule has 0 saturated carbocycles. The molecule has 0 aliphatic carbocycles. The van der Waals surface area contributed by atoms with Crippen LogP contribution in [0.3, 0.4) is 0 Å². The second-order valence-electron chi connectivity index (χ2n) is 6.37. The van der Waals surface area contributed by atoms with E-state index < -0.39 is 17.5 Å². The second-order valence-corrected chi connectivity index (χ2v) is 6.37. The number of pyridine rings is 1. The minimum atomic E-state index is -1.61. The van der Waals surface area contributed by atoms with Crippen LogP contribution in [0.1, 0.15) is 5.56 Å². The average molecular weight is 389 g/mol. The van der Waals surface area contributed by atoms with Crippen LogP contribution in [-0.2, 0) is 11.3 Å². The molecule has 1 aliphatic heterocycles. The van der Waals surface area contributed by atoms with Crippen LogP contribution in [0.15, 0.2) is 53.8 Å². The molecule has 1 aromatic carbocycles. The number of fused-ring (bicyclic) bond motifs is 1. The largest absolute Gasteiger partial charge is 0.497 e. The van der Waals surface area contributed by atoms with Crippen molar-refractivity contribution < 1.29 is 14.3 Å². The molecule has 2 N–H and O–H groups in total. The number of hydrogen-bond donors (Lipinski definition) is 2. The van der Waals surface area contributed by atoms with Gasteiger partial charge in [0.25, 0.3) is 11.5 Å². The first-order valence-electron chi connectivity index (χ1n) is 8.61. The zero-order valence-corrected chi connectivity index (χ0v) is 15.3. The van der Waals surface area contributed by atoms with Crippen LogP contribution in [0.4, 0.5) is 4.79 Å². The summed E-state index contributed by atoms with van der Waals surface area (Å²) in [6.45, 7) is -0.203. The number of carbonyl (C=O) groups excluding carboxylic acids is 2. The smallest absolute Gasteiger partial charge is 0.323 e. The predicted octanol–water partition coefficient (Wildman–Crippen LogP) is 0.430. The van der Waals surface area contributed by atoms with E-state index in [1.54, 1.807) is 36.5 Å². The zero-order valence-electron chi connectivity index (χ0n) is 15.3. The van der Waals surface area contributed by atoms with E-state index in [9.17, 15) is 14.4 Å². The lowest BCUT2D eigenvalue weighted by atomic mass is 10.00. The molecule has 1 fully saturated rings. The summed E-state index contributed by atoms with van der Waals surface area (Å²) in [5.41, 5.74) is -0.953. The number of aromatic nitrogens is 3. The molecular formula is C20H15N5O4. The number of urea groups is 1. The number of benzene rings is 1. The lowest BCUT2D eigenvalue weighted by Crippen LogP contribution is -2.50. The lowest BCUT2D eigenvalue weighted by molar-refractivity contribution is -0.122. The molecule has 4 rings (SSSR count). The fraction of sp³-hybridized carbons (Fsp3) is 0.150. The highest BCUT2D eigenvalue weighted by Crippen LogP contribution is 2.17. The van der Waals surface area contributed by atoms with Gasteiger partial charge in [0.15, 0.2) is 0 Å². The Morgan fingerprint density at radius 2 is 2.10 bits per heavy atom. The van der Waals surface area contributed by atoms with Gasteiger partial charge in [-0.3, -0.25) is 24.5 Å². The number of hydrogen-bond acceptors (Lipinski definition) is 6. The lowest BCUT2D eigenvalue weighted by Gasteiger charge is -2.20. The maximum absolute atomic E-state index is 12.9. The normalized spacial score (nSPS) is 18.0. The number of methoxy groups -OCH3 is 1. The van der Waals surface area contributed by atoms with Gasteiger partial charge in [0.05, 0.1) is 30.9 Å². The van der Waals surface area contributed by atoms with Crippen molar-refractivity contribution in [2.24, 2.45) is 0 Å². The maximum Gasteiger partial charge on any atom is 0.323 e. The van der Waals surface area contributed by atoms with Crippen molar-refractivity contribution in [2.45, 2.75) is 12.1 Å². The van der Waals surface area contributed by atoms with Crippen LogP contribution in [0.25, 0.3) is 10.9 Å². The molecule has 1 aliphatic rings. The summed E-state index contributed by atoms with van der Waals surface area (Å²) in [7, 11) is 1.52. The predicted molar refractivity (Wildman–Crippen MR) is 103 cm³/mol. The van der Waals surface area contributed by atoms with Crippen LogP contribution in [0.5, 0.6) is 5.75 Å². The molecular weight excluding hydrogens is 374 g/mol. The minimum Gasteiger partial charge on any atom is -0.497 e. The van der Waals surface area contributed by atoms with Crippen molar-refractivity contribution >= 4 is 22.8 Å². The molecule has 0 spiro atoms. The summed E-state index contributed by atoms with van der Waals surface area (Å²) in [5, 5.41) is 5.06. The van der Waals surface area contributed by atoms with Crippen LogP contribution < -0.4 is 20.9 Å². The van der Waals surface area contributed by atoms with Crippen LogP contribution in [0.2, 0.25) is 0 Å².